The van der Waals surface area contributed by atoms with Crippen LogP contribution in [0.2, 0.25) is 0 Å². The van der Waals surface area contributed by atoms with Gasteiger partial charge < -0.3 is 10.2 Å². The van der Waals surface area contributed by atoms with Crippen molar-refractivity contribution in [3.05, 3.63) is 50.7 Å². The van der Waals surface area contributed by atoms with E-state index in [4.69, 9.17) is 0 Å². The molecule has 0 aliphatic rings. The van der Waals surface area contributed by atoms with Crippen LogP contribution in [0.3, 0.4) is 0 Å². The maximum Gasteiger partial charge on any atom is 0.310 e. The molecule has 1 aromatic heterocycles. The highest BCUT2D eigenvalue weighted by molar-refractivity contribution is 7.90. The number of hydrogen-bond donors (Lipinski definition) is 1. The van der Waals surface area contributed by atoms with Crippen LogP contribution in [0.25, 0.3) is 0 Å². The Morgan fingerprint density at radius 2 is 2.00 bits per heavy atom. The molecule has 1 unspecified atom stereocenters. The predicted octanol–water partition coefficient (Wildman–Crippen LogP) is 2.77. The van der Waals surface area contributed by atoms with E-state index in [-0.39, 0.29) is 16.6 Å². The molecule has 0 aliphatic carbocycles. The van der Waals surface area contributed by atoms with Gasteiger partial charge in [0.25, 0.3) is 0 Å². The summed E-state index contributed by atoms with van der Waals surface area (Å²) in [4.78, 5) is 13.6. The maximum absolute atomic E-state index is 11.8. The Hall–Kier alpha value is -1.97. The van der Waals surface area contributed by atoms with Gasteiger partial charge in [-0.05, 0) is 37.7 Å². The molecule has 0 amide bonds. The first kappa shape index (κ1) is 18.4. The van der Waals surface area contributed by atoms with Gasteiger partial charge in [0.15, 0.2) is 9.84 Å². The van der Waals surface area contributed by atoms with Gasteiger partial charge in [-0.1, -0.05) is 12.1 Å². The number of rotatable bonds is 7. The van der Waals surface area contributed by atoms with Crippen LogP contribution in [0.5, 0.6) is 0 Å². The van der Waals surface area contributed by atoms with E-state index in [9.17, 15) is 18.5 Å². The van der Waals surface area contributed by atoms with Crippen molar-refractivity contribution in [3.63, 3.8) is 0 Å². The summed E-state index contributed by atoms with van der Waals surface area (Å²) in [5, 5.41) is 16.4. The lowest BCUT2D eigenvalue weighted by atomic mass is 10.2. The number of nitro groups is 1. The molecular weight excluding hydrogens is 350 g/mol. The molecule has 0 aliphatic heterocycles. The quantitative estimate of drug-likeness (QED) is 0.596. The van der Waals surface area contributed by atoms with Crippen LogP contribution in [0.1, 0.15) is 10.9 Å². The van der Waals surface area contributed by atoms with Crippen molar-refractivity contribution < 1.29 is 13.3 Å². The van der Waals surface area contributed by atoms with Gasteiger partial charge in [-0.15, -0.1) is 11.3 Å². The van der Waals surface area contributed by atoms with E-state index >= 15 is 0 Å². The highest BCUT2D eigenvalue weighted by Crippen LogP contribution is 2.33. The largest absolute Gasteiger partial charge is 0.378 e. The first-order chi connectivity index (χ1) is 11.2. The number of nitrogens with one attached hydrogen (secondary N) is 1. The van der Waals surface area contributed by atoms with Crippen molar-refractivity contribution in [1.29, 1.82) is 0 Å². The Kier molecular flexibility index (Phi) is 5.58. The monoisotopic (exact) mass is 369 g/mol. The third-order valence-electron chi connectivity index (χ3n) is 3.56. The Bertz CT molecular complexity index is 817. The molecule has 0 bridgehead atoms. The molecule has 130 valence electrons. The van der Waals surface area contributed by atoms with Crippen LogP contribution in [0.4, 0.5) is 11.4 Å². The van der Waals surface area contributed by atoms with Gasteiger partial charge in [0, 0.05) is 17.7 Å². The third kappa shape index (κ3) is 4.11. The van der Waals surface area contributed by atoms with Gasteiger partial charge in [-0.25, -0.2) is 8.42 Å². The van der Waals surface area contributed by atoms with E-state index in [2.05, 4.69) is 5.32 Å². The van der Waals surface area contributed by atoms with E-state index in [1.54, 1.807) is 11.3 Å². The van der Waals surface area contributed by atoms with Crippen molar-refractivity contribution >= 4 is 32.5 Å². The van der Waals surface area contributed by atoms with Gasteiger partial charge in [0.1, 0.15) is 10.6 Å². The lowest BCUT2D eigenvalue weighted by Crippen LogP contribution is -2.26. The van der Waals surface area contributed by atoms with Crippen molar-refractivity contribution in [2.75, 3.05) is 32.2 Å². The van der Waals surface area contributed by atoms with E-state index in [0.29, 0.717) is 6.54 Å². The first-order valence-corrected chi connectivity index (χ1v) is 9.90. The zero-order chi connectivity index (χ0) is 17.9. The molecule has 2 aromatic rings. The molecule has 9 heteroatoms. The fraction of sp³-hybridized carbons (Fsp3) is 0.333. The number of thiophene rings is 1. The minimum atomic E-state index is -3.69. The number of nitrogens with zero attached hydrogens (tertiary/aromatic N) is 2. The fourth-order valence-corrected chi connectivity index (χ4v) is 4.16. The third-order valence-corrected chi connectivity index (χ3v) is 5.66. The zero-order valence-corrected chi connectivity index (χ0v) is 15.2. The second kappa shape index (κ2) is 7.29. The van der Waals surface area contributed by atoms with E-state index in [0.717, 1.165) is 11.1 Å². The number of likely N-dealkylation sites (N-methyl/N-ethyl adjacent to an activating group) is 1. The first-order valence-electron chi connectivity index (χ1n) is 7.13. The predicted molar refractivity (Wildman–Crippen MR) is 95.4 cm³/mol. The Morgan fingerprint density at radius 1 is 1.29 bits per heavy atom. The molecule has 1 atom stereocenters. The second-order valence-corrected chi connectivity index (χ2v) is 8.52. The summed E-state index contributed by atoms with van der Waals surface area (Å²) in [5.74, 6) is 0. The van der Waals surface area contributed by atoms with Gasteiger partial charge in [-0.2, -0.15) is 0 Å². The van der Waals surface area contributed by atoms with Crippen molar-refractivity contribution in [3.8, 4) is 0 Å². The average Bonchev–Trinajstić information content (AvgIpc) is 2.99. The van der Waals surface area contributed by atoms with E-state index in [1.807, 2.05) is 36.5 Å². The summed E-state index contributed by atoms with van der Waals surface area (Å²) in [6.45, 7) is 0.418. The minimum absolute atomic E-state index is 0.0199. The highest BCUT2D eigenvalue weighted by atomic mass is 32.2. The molecule has 0 spiro atoms. The number of nitro benzene ring substituents is 1. The van der Waals surface area contributed by atoms with Gasteiger partial charge >= 0.3 is 5.69 Å². The molecule has 1 heterocycles. The van der Waals surface area contributed by atoms with Crippen molar-refractivity contribution in [2.24, 2.45) is 0 Å². The summed E-state index contributed by atoms with van der Waals surface area (Å²) < 4.78 is 23.6. The molecule has 24 heavy (non-hydrogen) atoms. The number of sulfone groups is 1. The Balaban J connectivity index is 2.34. The average molecular weight is 369 g/mol. The van der Waals surface area contributed by atoms with Gasteiger partial charge in [0.2, 0.25) is 0 Å². The topological polar surface area (TPSA) is 92.6 Å². The maximum atomic E-state index is 11.8. The minimum Gasteiger partial charge on any atom is -0.378 e. The Morgan fingerprint density at radius 3 is 2.50 bits per heavy atom. The molecular formula is C15H19N3O4S2. The molecule has 1 aromatic carbocycles. The molecule has 0 radical (unpaired) electrons. The number of anilines is 1. The summed E-state index contributed by atoms with van der Waals surface area (Å²) in [6.07, 6.45) is 0.966. The normalized spacial score (nSPS) is 13.0. The van der Waals surface area contributed by atoms with E-state index in [1.165, 1.54) is 18.2 Å². The lowest BCUT2D eigenvalue weighted by molar-refractivity contribution is -0.386. The summed E-state index contributed by atoms with van der Waals surface area (Å²) in [7, 11) is 0.159. The highest BCUT2D eigenvalue weighted by Gasteiger charge is 2.26. The summed E-state index contributed by atoms with van der Waals surface area (Å²) in [6, 6.07) is 8.24. The van der Waals surface area contributed by atoms with Gasteiger partial charge in [-0.3, -0.25) is 10.1 Å². The summed E-state index contributed by atoms with van der Waals surface area (Å²) in [5.41, 5.74) is -0.213. The zero-order valence-electron chi connectivity index (χ0n) is 13.6. The van der Waals surface area contributed by atoms with Crippen molar-refractivity contribution in [2.45, 2.75) is 10.9 Å². The molecule has 2 rings (SSSR count). The Labute approximate surface area is 145 Å². The van der Waals surface area contributed by atoms with Crippen LogP contribution in [-0.4, -0.2) is 45.1 Å². The lowest BCUT2D eigenvalue weighted by Gasteiger charge is -2.24. The molecule has 1 N–H and O–H groups in total. The number of hydrogen-bond acceptors (Lipinski definition) is 7. The SMILES string of the molecule is CN(C)C(CNc1cccc(S(C)(=O)=O)c1[N+](=O)[O-])c1cccs1. The van der Waals surface area contributed by atoms with Crippen LogP contribution in [-0.2, 0) is 9.84 Å². The second-order valence-electron chi connectivity index (χ2n) is 5.56. The van der Waals surface area contributed by atoms with Crippen molar-refractivity contribution in [1.82, 2.24) is 4.90 Å². The number of benzene rings is 1. The smallest absolute Gasteiger partial charge is 0.310 e. The molecule has 0 fully saturated rings. The van der Waals surface area contributed by atoms with Crippen LogP contribution in [0.15, 0.2) is 40.6 Å². The molecule has 7 nitrogen and oxygen atoms in total. The standard InChI is InChI=1S/C15H19N3O4S2/c1-17(2)12(13-7-5-9-23-13)10-16-11-6-4-8-14(24(3,21)22)15(11)18(19)20/h4-9,12,16H,10H2,1-3H3. The fourth-order valence-electron chi connectivity index (χ4n) is 2.38. The molecule has 0 saturated carbocycles. The van der Waals surface area contributed by atoms with Crippen LogP contribution < -0.4 is 5.32 Å². The van der Waals surface area contributed by atoms with Crippen LogP contribution in [0, 0.1) is 10.1 Å². The van der Waals surface area contributed by atoms with Gasteiger partial charge in [0.05, 0.1) is 11.0 Å². The van der Waals surface area contributed by atoms with E-state index < -0.39 is 20.4 Å². The summed E-state index contributed by atoms with van der Waals surface area (Å²) >= 11 is 1.60. The number of para-hydroxylation sites is 1. The molecule has 0 saturated heterocycles. The van der Waals surface area contributed by atoms with Crippen LogP contribution >= 0.6 is 11.3 Å².